The molecule has 1 aromatic heterocycles. The highest BCUT2D eigenvalue weighted by atomic mass is 32.1. The van der Waals surface area contributed by atoms with Crippen molar-refractivity contribution in [2.24, 2.45) is 10.2 Å². The summed E-state index contributed by atoms with van der Waals surface area (Å²) in [6.07, 6.45) is 0. The van der Waals surface area contributed by atoms with E-state index in [1.54, 1.807) is 24.3 Å². The second-order valence-corrected chi connectivity index (χ2v) is 6.95. The standard InChI is InChI=1S/C23H18N4O2S/c1-16-10-8-9-15-19(16)27-22(29)20(25-24-17-11-4-2-5-12-17)21(28)26(23(27)30)18-13-6-3-7-14-18/h2-15,29H,1H3. The zero-order valence-electron chi connectivity index (χ0n) is 16.1. The highest BCUT2D eigenvalue weighted by Crippen LogP contribution is 2.30. The number of hydrogen-bond donors (Lipinski definition) is 1. The van der Waals surface area contributed by atoms with Crippen LogP contribution < -0.4 is 5.56 Å². The van der Waals surface area contributed by atoms with Gasteiger partial charge < -0.3 is 5.11 Å². The normalized spacial score (nSPS) is 11.1. The van der Waals surface area contributed by atoms with Crippen molar-refractivity contribution >= 4 is 23.6 Å². The molecule has 0 saturated carbocycles. The fraction of sp³-hybridized carbons (Fsp3) is 0.0435. The van der Waals surface area contributed by atoms with E-state index in [-0.39, 0.29) is 16.3 Å². The molecule has 0 aliphatic heterocycles. The van der Waals surface area contributed by atoms with Crippen molar-refractivity contribution in [3.05, 3.63) is 106 Å². The van der Waals surface area contributed by atoms with Gasteiger partial charge in [-0.15, -0.1) is 5.11 Å². The molecule has 0 atom stereocenters. The summed E-state index contributed by atoms with van der Waals surface area (Å²) >= 11 is 5.62. The Labute approximate surface area is 178 Å². The van der Waals surface area contributed by atoms with Crippen LogP contribution in [-0.4, -0.2) is 14.2 Å². The number of para-hydroxylation sites is 2. The first-order valence-corrected chi connectivity index (χ1v) is 9.68. The van der Waals surface area contributed by atoms with Crippen molar-refractivity contribution in [3.8, 4) is 17.3 Å². The predicted molar refractivity (Wildman–Crippen MR) is 119 cm³/mol. The molecule has 1 heterocycles. The molecule has 7 heteroatoms. The van der Waals surface area contributed by atoms with Crippen molar-refractivity contribution in [1.82, 2.24) is 9.13 Å². The number of aryl methyl sites for hydroxylation is 1. The zero-order chi connectivity index (χ0) is 21.1. The lowest BCUT2D eigenvalue weighted by Gasteiger charge is -2.17. The van der Waals surface area contributed by atoms with Gasteiger partial charge in [-0.3, -0.25) is 13.9 Å². The second kappa shape index (κ2) is 8.26. The molecule has 0 saturated heterocycles. The van der Waals surface area contributed by atoms with E-state index in [1.807, 2.05) is 67.6 Å². The molecule has 0 radical (unpaired) electrons. The summed E-state index contributed by atoms with van der Waals surface area (Å²) in [5, 5.41) is 19.2. The Kier molecular flexibility index (Phi) is 5.36. The lowest BCUT2D eigenvalue weighted by molar-refractivity contribution is 0.432. The van der Waals surface area contributed by atoms with Gasteiger partial charge in [0.15, 0.2) is 4.77 Å². The number of nitrogens with zero attached hydrogens (tertiary/aromatic N) is 4. The maximum Gasteiger partial charge on any atom is 0.290 e. The molecule has 0 bridgehead atoms. The lowest BCUT2D eigenvalue weighted by atomic mass is 10.2. The highest BCUT2D eigenvalue weighted by Gasteiger charge is 2.20. The minimum Gasteiger partial charge on any atom is -0.492 e. The fourth-order valence-corrected chi connectivity index (χ4v) is 3.48. The van der Waals surface area contributed by atoms with Crippen molar-refractivity contribution in [1.29, 1.82) is 0 Å². The molecule has 3 aromatic carbocycles. The first-order chi connectivity index (χ1) is 14.6. The Morgan fingerprint density at radius 3 is 2.07 bits per heavy atom. The van der Waals surface area contributed by atoms with Gasteiger partial charge in [-0.2, -0.15) is 5.11 Å². The largest absolute Gasteiger partial charge is 0.492 e. The molecule has 148 valence electrons. The third kappa shape index (κ3) is 3.58. The molecular weight excluding hydrogens is 396 g/mol. The fourth-order valence-electron chi connectivity index (χ4n) is 3.11. The van der Waals surface area contributed by atoms with Gasteiger partial charge in [0.25, 0.3) is 5.56 Å². The van der Waals surface area contributed by atoms with Gasteiger partial charge in [-0.05, 0) is 55.0 Å². The van der Waals surface area contributed by atoms with E-state index in [0.29, 0.717) is 17.1 Å². The summed E-state index contributed by atoms with van der Waals surface area (Å²) in [7, 11) is 0. The van der Waals surface area contributed by atoms with E-state index in [4.69, 9.17) is 12.2 Å². The Balaban J connectivity index is 2.04. The van der Waals surface area contributed by atoms with Gasteiger partial charge in [0, 0.05) is 0 Å². The van der Waals surface area contributed by atoms with Crippen LogP contribution in [0.5, 0.6) is 5.88 Å². The van der Waals surface area contributed by atoms with E-state index < -0.39 is 5.56 Å². The maximum absolute atomic E-state index is 13.3. The van der Waals surface area contributed by atoms with Crippen LogP contribution in [0, 0.1) is 11.7 Å². The van der Waals surface area contributed by atoms with E-state index in [9.17, 15) is 9.90 Å². The van der Waals surface area contributed by atoms with E-state index in [2.05, 4.69) is 10.2 Å². The maximum atomic E-state index is 13.3. The Hall–Kier alpha value is -3.84. The van der Waals surface area contributed by atoms with Gasteiger partial charge in [0.05, 0.1) is 17.1 Å². The summed E-state index contributed by atoms with van der Waals surface area (Å²) in [5.74, 6) is -0.355. The van der Waals surface area contributed by atoms with Crippen LogP contribution in [-0.2, 0) is 0 Å². The molecule has 0 aliphatic carbocycles. The molecule has 0 spiro atoms. The quantitative estimate of drug-likeness (QED) is 0.339. The molecule has 0 aliphatic rings. The summed E-state index contributed by atoms with van der Waals surface area (Å²) in [4.78, 5) is 13.3. The van der Waals surface area contributed by atoms with Crippen LogP contribution in [0.3, 0.4) is 0 Å². The number of rotatable bonds is 4. The van der Waals surface area contributed by atoms with E-state index in [1.165, 1.54) is 9.13 Å². The molecule has 4 aromatic rings. The van der Waals surface area contributed by atoms with Gasteiger partial charge in [-0.1, -0.05) is 54.6 Å². The summed E-state index contributed by atoms with van der Waals surface area (Å²) in [5.41, 5.74) is 1.93. The SMILES string of the molecule is Cc1ccccc1-n1c(O)c(N=Nc2ccccc2)c(=O)n(-c2ccccc2)c1=S. The number of azo groups is 1. The molecule has 0 unspecified atom stereocenters. The van der Waals surface area contributed by atoms with Crippen LogP contribution in [0.1, 0.15) is 5.56 Å². The van der Waals surface area contributed by atoms with Crippen molar-refractivity contribution in [2.45, 2.75) is 6.92 Å². The Morgan fingerprint density at radius 2 is 1.40 bits per heavy atom. The van der Waals surface area contributed by atoms with Crippen LogP contribution in [0.4, 0.5) is 11.4 Å². The molecule has 1 N–H and O–H groups in total. The molecule has 0 amide bonds. The molecule has 30 heavy (non-hydrogen) atoms. The molecule has 6 nitrogen and oxygen atoms in total. The van der Waals surface area contributed by atoms with Crippen molar-refractivity contribution < 1.29 is 5.11 Å². The molecular formula is C23H18N4O2S. The third-order valence-corrected chi connectivity index (χ3v) is 4.97. The Morgan fingerprint density at radius 1 is 0.800 bits per heavy atom. The highest BCUT2D eigenvalue weighted by molar-refractivity contribution is 7.71. The Bertz CT molecular complexity index is 1340. The van der Waals surface area contributed by atoms with Crippen LogP contribution in [0.25, 0.3) is 11.4 Å². The third-order valence-electron chi connectivity index (χ3n) is 4.60. The van der Waals surface area contributed by atoms with Crippen LogP contribution in [0.15, 0.2) is 100.0 Å². The predicted octanol–water partition coefficient (Wildman–Crippen LogP) is 5.79. The monoisotopic (exact) mass is 414 g/mol. The van der Waals surface area contributed by atoms with Gasteiger partial charge in [0.2, 0.25) is 11.6 Å². The number of benzene rings is 3. The van der Waals surface area contributed by atoms with E-state index >= 15 is 0 Å². The van der Waals surface area contributed by atoms with Crippen LogP contribution >= 0.6 is 12.2 Å². The average molecular weight is 414 g/mol. The van der Waals surface area contributed by atoms with Crippen molar-refractivity contribution in [2.75, 3.05) is 0 Å². The van der Waals surface area contributed by atoms with Crippen molar-refractivity contribution in [3.63, 3.8) is 0 Å². The zero-order valence-corrected chi connectivity index (χ0v) is 17.0. The van der Waals surface area contributed by atoms with Gasteiger partial charge in [0.1, 0.15) is 0 Å². The number of aromatic nitrogens is 2. The van der Waals surface area contributed by atoms with Gasteiger partial charge >= 0.3 is 0 Å². The number of hydrogen-bond acceptors (Lipinski definition) is 5. The minimum atomic E-state index is -0.548. The lowest BCUT2D eigenvalue weighted by Crippen LogP contribution is -2.23. The summed E-state index contributed by atoms with van der Waals surface area (Å²) in [6, 6.07) is 25.5. The summed E-state index contributed by atoms with van der Waals surface area (Å²) in [6.45, 7) is 1.90. The topological polar surface area (TPSA) is 71.9 Å². The second-order valence-electron chi connectivity index (χ2n) is 6.59. The minimum absolute atomic E-state index is 0.136. The first-order valence-electron chi connectivity index (χ1n) is 9.27. The first kappa shape index (κ1) is 19.5. The van der Waals surface area contributed by atoms with E-state index in [0.717, 1.165) is 5.56 Å². The average Bonchev–Trinajstić information content (AvgIpc) is 2.76. The van der Waals surface area contributed by atoms with Gasteiger partial charge in [-0.25, -0.2) is 0 Å². The smallest absolute Gasteiger partial charge is 0.290 e. The number of aromatic hydroxyl groups is 1. The molecule has 4 rings (SSSR count). The van der Waals surface area contributed by atoms with Crippen LogP contribution in [0.2, 0.25) is 0 Å². The summed E-state index contributed by atoms with van der Waals surface area (Å²) < 4.78 is 2.93. The molecule has 0 fully saturated rings.